The molecule has 6 nitrogen and oxygen atoms in total. The number of likely N-dealkylation sites (tertiary alicyclic amines) is 1. The van der Waals surface area contributed by atoms with Crippen LogP contribution in [0.25, 0.3) is 10.9 Å². The van der Waals surface area contributed by atoms with Crippen LogP contribution < -0.4 is 5.32 Å². The van der Waals surface area contributed by atoms with Crippen molar-refractivity contribution in [3.8, 4) is 0 Å². The number of rotatable bonds is 2. The highest BCUT2D eigenvalue weighted by atomic mass is 79.9. The molecular formula is C17H21BrN4O2. The van der Waals surface area contributed by atoms with Crippen LogP contribution in [0.2, 0.25) is 0 Å². The maximum atomic E-state index is 12.2. The number of aromatic nitrogens is 2. The third-order valence-corrected chi connectivity index (χ3v) is 4.14. The maximum Gasteiger partial charge on any atom is 0.410 e. The van der Waals surface area contributed by atoms with E-state index in [9.17, 15) is 4.79 Å². The second kappa shape index (κ2) is 6.55. The maximum absolute atomic E-state index is 12.2. The predicted molar refractivity (Wildman–Crippen MR) is 97.1 cm³/mol. The van der Waals surface area contributed by atoms with Gasteiger partial charge in [-0.05, 0) is 55.3 Å². The number of halogens is 1. The van der Waals surface area contributed by atoms with Crippen molar-refractivity contribution in [2.45, 2.75) is 38.8 Å². The Morgan fingerprint density at radius 2 is 2.25 bits per heavy atom. The van der Waals surface area contributed by atoms with Crippen molar-refractivity contribution in [1.82, 2.24) is 14.9 Å². The Hall–Kier alpha value is -1.89. The molecular weight excluding hydrogens is 372 g/mol. The summed E-state index contributed by atoms with van der Waals surface area (Å²) in [5.74, 6) is 0.732. The fourth-order valence-corrected chi connectivity index (χ4v) is 3.14. The van der Waals surface area contributed by atoms with E-state index >= 15 is 0 Å². The SMILES string of the molecule is CC(C)(C)OC(=O)N1CCC(Nc2nc(Br)cc3cccnc23)C1. The van der Waals surface area contributed by atoms with Crippen molar-refractivity contribution in [2.75, 3.05) is 18.4 Å². The molecule has 0 saturated carbocycles. The van der Waals surface area contributed by atoms with Crippen molar-refractivity contribution >= 4 is 38.7 Å². The van der Waals surface area contributed by atoms with Crippen molar-refractivity contribution in [1.29, 1.82) is 0 Å². The van der Waals surface area contributed by atoms with Gasteiger partial charge in [-0.1, -0.05) is 6.07 Å². The van der Waals surface area contributed by atoms with Gasteiger partial charge in [-0.25, -0.2) is 9.78 Å². The van der Waals surface area contributed by atoms with Crippen LogP contribution in [-0.4, -0.2) is 45.7 Å². The first-order chi connectivity index (χ1) is 11.3. The summed E-state index contributed by atoms with van der Waals surface area (Å²) in [5.41, 5.74) is 0.352. The molecule has 1 atom stereocenters. The third-order valence-electron chi connectivity index (χ3n) is 3.74. The van der Waals surface area contributed by atoms with Crippen molar-refractivity contribution < 1.29 is 9.53 Å². The highest BCUT2D eigenvalue weighted by Gasteiger charge is 2.30. The molecule has 0 aromatic carbocycles. The Morgan fingerprint density at radius 3 is 3.00 bits per heavy atom. The molecule has 128 valence electrons. The molecule has 1 aliphatic heterocycles. The lowest BCUT2D eigenvalue weighted by Gasteiger charge is -2.24. The first kappa shape index (κ1) is 17.0. The van der Waals surface area contributed by atoms with Crippen LogP contribution >= 0.6 is 15.9 Å². The zero-order valence-corrected chi connectivity index (χ0v) is 15.6. The van der Waals surface area contributed by atoms with Crippen molar-refractivity contribution in [2.24, 2.45) is 0 Å². The Balaban J connectivity index is 1.71. The van der Waals surface area contributed by atoms with Gasteiger partial charge in [0.25, 0.3) is 0 Å². The Labute approximate surface area is 149 Å². The number of fused-ring (bicyclic) bond motifs is 1. The number of carbonyl (C=O) groups is 1. The molecule has 1 amide bonds. The van der Waals surface area contributed by atoms with E-state index in [1.165, 1.54) is 0 Å². The monoisotopic (exact) mass is 392 g/mol. The largest absolute Gasteiger partial charge is 0.444 e. The van der Waals surface area contributed by atoms with Crippen molar-refractivity contribution in [3.05, 3.63) is 29.0 Å². The van der Waals surface area contributed by atoms with E-state index in [-0.39, 0.29) is 12.1 Å². The summed E-state index contributed by atoms with van der Waals surface area (Å²) in [6, 6.07) is 5.97. The Morgan fingerprint density at radius 1 is 1.46 bits per heavy atom. The molecule has 7 heteroatoms. The summed E-state index contributed by atoms with van der Waals surface area (Å²) in [6.07, 6.45) is 2.34. The molecule has 3 rings (SSSR count). The number of pyridine rings is 2. The second-order valence-electron chi connectivity index (χ2n) is 6.93. The number of nitrogens with zero attached hydrogens (tertiary/aromatic N) is 3. The highest BCUT2D eigenvalue weighted by Crippen LogP contribution is 2.25. The van der Waals surface area contributed by atoms with E-state index in [1.54, 1.807) is 11.1 Å². The fourth-order valence-electron chi connectivity index (χ4n) is 2.72. The van der Waals surface area contributed by atoms with E-state index in [4.69, 9.17) is 4.74 Å². The molecule has 24 heavy (non-hydrogen) atoms. The average Bonchev–Trinajstić information content (AvgIpc) is 2.94. The van der Waals surface area contributed by atoms with Gasteiger partial charge in [0, 0.05) is 30.7 Å². The standard InChI is InChI=1S/C17H21BrN4O2/c1-17(2,3)24-16(23)22-8-6-12(10-22)20-15-14-11(5-4-7-19-14)9-13(18)21-15/h4-5,7,9,12H,6,8,10H2,1-3H3,(H,20,21). The summed E-state index contributed by atoms with van der Waals surface area (Å²) < 4.78 is 6.19. The van der Waals surface area contributed by atoms with Crippen LogP contribution in [0.1, 0.15) is 27.2 Å². The summed E-state index contributed by atoms with van der Waals surface area (Å²) in [5, 5.41) is 4.44. The minimum absolute atomic E-state index is 0.129. The molecule has 0 radical (unpaired) electrons. The summed E-state index contributed by atoms with van der Waals surface area (Å²) in [4.78, 5) is 22.8. The van der Waals surface area contributed by atoms with Gasteiger partial charge >= 0.3 is 6.09 Å². The first-order valence-electron chi connectivity index (χ1n) is 7.97. The molecule has 0 aliphatic carbocycles. The van der Waals surface area contributed by atoms with Gasteiger partial charge in [0.05, 0.1) is 0 Å². The van der Waals surface area contributed by atoms with E-state index in [0.29, 0.717) is 13.1 Å². The highest BCUT2D eigenvalue weighted by molar-refractivity contribution is 9.10. The van der Waals surface area contributed by atoms with Crippen LogP contribution in [-0.2, 0) is 4.74 Å². The van der Waals surface area contributed by atoms with Gasteiger partial charge < -0.3 is 15.0 Å². The van der Waals surface area contributed by atoms with Crippen LogP contribution in [0.5, 0.6) is 0 Å². The molecule has 1 unspecified atom stereocenters. The minimum atomic E-state index is -0.478. The van der Waals surface area contributed by atoms with Gasteiger partial charge in [0.2, 0.25) is 0 Å². The Kier molecular flexibility index (Phi) is 4.62. The predicted octanol–water partition coefficient (Wildman–Crippen LogP) is 3.81. The molecule has 1 aliphatic rings. The number of ether oxygens (including phenoxy) is 1. The number of hydrogen-bond donors (Lipinski definition) is 1. The van der Waals surface area contributed by atoms with Gasteiger partial charge in [0.15, 0.2) is 5.82 Å². The van der Waals surface area contributed by atoms with Crippen LogP contribution in [0.15, 0.2) is 29.0 Å². The fraction of sp³-hybridized carbons (Fsp3) is 0.471. The lowest BCUT2D eigenvalue weighted by Crippen LogP contribution is -2.36. The molecule has 0 spiro atoms. The van der Waals surface area contributed by atoms with Crippen LogP contribution in [0, 0.1) is 0 Å². The third kappa shape index (κ3) is 3.95. The smallest absolute Gasteiger partial charge is 0.410 e. The second-order valence-corrected chi connectivity index (χ2v) is 7.74. The molecule has 2 aromatic rings. The quantitative estimate of drug-likeness (QED) is 0.786. The number of amides is 1. The molecule has 2 aromatic heterocycles. The van der Waals surface area contributed by atoms with Gasteiger partial charge in [0.1, 0.15) is 15.7 Å². The van der Waals surface area contributed by atoms with Crippen LogP contribution in [0.3, 0.4) is 0 Å². The lowest BCUT2D eigenvalue weighted by atomic mass is 10.2. The lowest BCUT2D eigenvalue weighted by molar-refractivity contribution is 0.0293. The average molecular weight is 393 g/mol. The number of carbonyl (C=O) groups excluding carboxylic acids is 1. The van der Waals surface area contributed by atoms with E-state index in [2.05, 4.69) is 31.2 Å². The molecule has 3 heterocycles. The summed E-state index contributed by atoms with van der Waals surface area (Å²) >= 11 is 3.44. The van der Waals surface area contributed by atoms with E-state index in [1.807, 2.05) is 39.0 Å². The van der Waals surface area contributed by atoms with E-state index in [0.717, 1.165) is 27.7 Å². The topological polar surface area (TPSA) is 67.3 Å². The first-order valence-corrected chi connectivity index (χ1v) is 8.77. The summed E-state index contributed by atoms with van der Waals surface area (Å²) in [7, 11) is 0. The summed E-state index contributed by atoms with van der Waals surface area (Å²) in [6.45, 7) is 6.89. The Bertz CT molecular complexity index is 760. The number of nitrogens with one attached hydrogen (secondary N) is 1. The normalized spacial score (nSPS) is 18.0. The van der Waals surface area contributed by atoms with Gasteiger partial charge in [-0.3, -0.25) is 4.98 Å². The van der Waals surface area contributed by atoms with E-state index < -0.39 is 5.60 Å². The molecule has 1 saturated heterocycles. The zero-order chi connectivity index (χ0) is 17.3. The molecule has 0 bridgehead atoms. The molecule has 1 N–H and O–H groups in total. The number of hydrogen-bond acceptors (Lipinski definition) is 5. The minimum Gasteiger partial charge on any atom is -0.444 e. The zero-order valence-electron chi connectivity index (χ0n) is 14.0. The molecule has 1 fully saturated rings. The number of anilines is 1. The van der Waals surface area contributed by atoms with Gasteiger partial charge in [-0.2, -0.15) is 0 Å². The van der Waals surface area contributed by atoms with Crippen molar-refractivity contribution in [3.63, 3.8) is 0 Å². The van der Waals surface area contributed by atoms with Crippen LogP contribution in [0.4, 0.5) is 10.6 Å². The van der Waals surface area contributed by atoms with Gasteiger partial charge in [-0.15, -0.1) is 0 Å².